The Morgan fingerprint density at radius 2 is 0.941 bits per heavy atom. The van der Waals surface area contributed by atoms with Crippen LogP contribution in [0, 0.1) is 13.8 Å². The molecule has 0 aliphatic heterocycles. The standard InChI is InChI=1S/C30H34O4/c1-19-17-21(29(3,4)5)13-15-25(19)33-27(31)23-11-9-10-12-24(23)28(32)34-26-16-14-22(18-20(26)2)30(6,7)8/h9-18H,1-8H3. The molecule has 0 N–H and O–H groups in total. The van der Waals surface area contributed by atoms with Gasteiger partial charge in [0.05, 0.1) is 11.1 Å². The van der Waals surface area contributed by atoms with Crippen LogP contribution in [-0.4, -0.2) is 11.9 Å². The second kappa shape index (κ2) is 9.46. The maximum atomic E-state index is 13.0. The quantitative estimate of drug-likeness (QED) is 0.303. The number of carbonyl (C=O) groups is 2. The molecule has 0 aromatic heterocycles. The molecule has 0 fully saturated rings. The van der Waals surface area contributed by atoms with E-state index in [1.54, 1.807) is 36.4 Å². The fourth-order valence-corrected chi connectivity index (χ4v) is 3.61. The van der Waals surface area contributed by atoms with Crippen molar-refractivity contribution >= 4 is 11.9 Å². The fraction of sp³-hybridized carbons (Fsp3) is 0.333. The molecular formula is C30H34O4. The first-order valence-corrected chi connectivity index (χ1v) is 11.5. The summed E-state index contributed by atoms with van der Waals surface area (Å²) in [4.78, 5) is 26.0. The van der Waals surface area contributed by atoms with Crippen LogP contribution in [0.5, 0.6) is 11.5 Å². The van der Waals surface area contributed by atoms with Gasteiger partial charge in [0.15, 0.2) is 0 Å². The monoisotopic (exact) mass is 458 g/mol. The molecule has 4 nitrogen and oxygen atoms in total. The fourth-order valence-electron chi connectivity index (χ4n) is 3.61. The molecule has 0 saturated heterocycles. The summed E-state index contributed by atoms with van der Waals surface area (Å²) in [5, 5.41) is 0. The molecule has 0 radical (unpaired) electrons. The summed E-state index contributed by atoms with van der Waals surface area (Å²) in [7, 11) is 0. The molecule has 0 spiro atoms. The van der Waals surface area contributed by atoms with Gasteiger partial charge in [-0.2, -0.15) is 0 Å². The number of ether oxygens (including phenoxy) is 2. The third kappa shape index (κ3) is 5.74. The van der Waals surface area contributed by atoms with E-state index in [0.717, 1.165) is 22.3 Å². The first-order chi connectivity index (χ1) is 15.8. The van der Waals surface area contributed by atoms with E-state index in [-0.39, 0.29) is 22.0 Å². The number of aryl methyl sites for hydroxylation is 2. The van der Waals surface area contributed by atoms with Gasteiger partial charge in [-0.15, -0.1) is 0 Å². The van der Waals surface area contributed by atoms with Crippen molar-refractivity contribution in [2.75, 3.05) is 0 Å². The van der Waals surface area contributed by atoms with E-state index in [2.05, 4.69) is 41.5 Å². The van der Waals surface area contributed by atoms with Crippen molar-refractivity contribution in [1.29, 1.82) is 0 Å². The molecule has 0 amide bonds. The zero-order valence-corrected chi connectivity index (χ0v) is 21.4. The van der Waals surface area contributed by atoms with Crippen LogP contribution >= 0.6 is 0 Å². The molecule has 0 heterocycles. The summed E-state index contributed by atoms with van der Waals surface area (Å²) < 4.78 is 11.3. The minimum Gasteiger partial charge on any atom is -0.423 e. The van der Waals surface area contributed by atoms with Crippen LogP contribution in [0.15, 0.2) is 60.7 Å². The van der Waals surface area contributed by atoms with Crippen molar-refractivity contribution < 1.29 is 19.1 Å². The first kappa shape index (κ1) is 25.2. The third-order valence-corrected chi connectivity index (χ3v) is 5.85. The van der Waals surface area contributed by atoms with E-state index < -0.39 is 11.9 Å². The Balaban J connectivity index is 1.83. The third-order valence-electron chi connectivity index (χ3n) is 5.85. The Kier molecular flexibility index (Phi) is 7.02. The van der Waals surface area contributed by atoms with Crippen LogP contribution in [0.3, 0.4) is 0 Å². The lowest BCUT2D eigenvalue weighted by Crippen LogP contribution is -2.18. The van der Waals surface area contributed by atoms with Crippen LogP contribution < -0.4 is 9.47 Å². The molecule has 0 aliphatic rings. The highest BCUT2D eigenvalue weighted by Gasteiger charge is 2.23. The normalized spacial score (nSPS) is 11.8. The maximum absolute atomic E-state index is 13.0. The molecule has 4 heteroatoms. The van der Waals surface area contributed by atoms with Gasteiger partial charge in [-0.05, 0) is 71.2 Å². The van der Waals surface area contributed by atoms with Crippen molar-refractivity contribution in [2.45, 2.75) is 66.2 Å². The first-order valence-electron chi connectivity index (χ1n) is 11.5. The van der Waals surface area contributed by atoms with Gasteiger partial charge in [-0.1, -0.05) is 77.9 Å². The van der Waals surface area contributed by atoms with E-state index >= 15 is 0 Å². The van der Waals surface area contributed by atoms with E-state index in [0.29, 0.717) is 11.5 Å². The molecule has 34 heavy (non-hydrogen) atoms. The Labute approximate surface area is 202 Å². The second-order valence-corrected chi connectivity index (χ2v) is 10.8. The summed E-state index contributed by atoms with van der Waals surface area (Å²) in [6.07, 6.45) is 0. The lowest BCUT2D eigenvalue weighted by molar-refractivity contribution is 0.0691. The molecule has 0 atom stereocenters. The SMILES string of the molecule is Cc1cc(C(C)(C)C)ccc1OC(=O)c1ccccc1C(=O)Oc1ccc(C(C)(C)C)cc1C. The Morgan fingerprint density at radius 3 is 1.24 bits per heavy atom. The smallest absolute Gasteiger partial charge is 0.344 e. The van der Waals surface area contributed by atoms with Crippen molar-refractivity contribution in [2.24, 2.45) is 0 Å². The van der Waals surface area contributed by atoms with Gasteiger partial charge in [-0.3, -0.25) is 0 Å². The van der Waals surface area contributed by atoms with Crippen molar-refractivity contribution in [1.82, 2.24) is 0 Å². The van der Waals surface area contributed by atoms with E-state index in [9.17, 15) is 9.59 Å². The van der Waals surface area contributed by atoms with E-state index in [1.807, 2.05) is 38.1 Å². The topological polar surface area (TPSA) is 52.6 Å². The van der Waals surface area contributed by atoms with E-state index in [1.165, 1.54) is 0 Å². The average Bonchev–Trinajstić information content (AvgIpc) is 2.75. The van der Waals surface area contributed by atoms with Crippen LogP contribution in [0.1, 0.15) is 84.5 Å². The summed E-state index contributed by atoms with van der Waals surface area (Å²) in [6, 6.07) is 18.1. The minimum atomic E-state index is -0.598. The van der Waals surface area contributed by atoms with Gasteiger partial charge >= 0.3 is 11.9 Å². The lowest BCUT2D eigenvalue weighted by Gasteiger charge is -2.20. The lowest BCUT2D eigenvalue weighted by atomic mass is 9.86. The van der Waals surface area contributed by atoms with Gasteiger partial charge in [0.2, 0.25) is 0 Å². The minimum absolute atomic E-state index is 0.00707. The van der Waals surface area contributed by atoms with Crippen molar-refractivity contribution in [3.8, 4) is 11.5 Å². The molecule has 178 valence electrons. The molecule has 0 unspecified atom stereocenters. The molecule has 0 saturated carbocycles. The second-order valence-electron chi connectivity index (χ2n) is 10.8. The van der Waals surface area contributed by atoms with Gasteiger partial charge < -0.3 is 9.47 Å². The number of hydrogen-bond donors (Lipinski definition) is 0. The van der Waals surface area contributed by atoms with Crippen LogP contribution in [0.4, 0.5) is 0 Å². The number of carbonyl (C=O) groups excluding carboxylic acids is 2. The van der Waals surface area contributed by atoms with Gasteiger partial charge in [0.25, 0.3) is 0 Å². The number of hydrogen-bond acceptors (Lipinski definition) is 4. The highest BCUT2D eigenvalue weighted by atomic mass is 16.5. The maximum Gasteiger partial charge on any atom is 0.344 e. The summed E-state index contributed by atoms with van der Waals surface area (Å²) >= 11 is 0. The Hall–Kier alpha value is -3.40. The summed E-state index contributed by atoms with van der Waals surface area (Å²) in [5.74, 6) is -0.262. The molecule has 3 aromatic rings. The molecule has 3 rings (SSSR count). The van der Waals surface area contributed by atoms with Crippen molar-refractivity contribution in [3.63, 3.8) is 0 Å². The predicted octanol–water partition coefficient (Wildman–Crippen LogP) is 7.34. The van der Waals surface area contributed by atoms with E-state index in [4.69, 9.17) is 9.47 Å². The highest BCUT2D eigenvalue weighted by molar-refractivity contribution is 6.04. The molecular weight excluding hydrogens is 424 g/mol. The van der Waals surface area contributed by atoms with Gasteiger partial charge in [0.1, 0.15) is 11.5 Å². The number of benzene rings is 3. The predicted molar refractivity (Wildman–Crippen MR) is 136 cm³/mol. The zero-order chi connectivity index (χ0) is 25.3. The molecule has 0 bridgehead atoms. The van der Waals surface area contributed by atoms with Gasteiger partial charge in [-0.25, -0.2) is 9.59 Å². The molecule has 3 aromatic carbocycles. The van der Waals surface area contributed by atoms with Gasteiger partial charge in [0, 0.05) is 0 Å². The van der Waals surface area contributed by atoms with Crippen LogP contribution in [-0.2, 0) is 10.8 Å². The van der Waals surface area contributed by atoms with Crippen LogP contribution in [0.25, 0.3) is 0 Å². The molecule has 0 aliphatic carbocycles. The Morgan fingerprint density at radius 1 is 0.588 bits per heavy atom. The highest BCUT2D eigenvalue weighted by Crippen LogP contribution is 2.30. The zero-order valence-electron chi connectivity index (χ0n) is 21.4. The largest absolute Gasteiger partial charge is 0.423 e. The number of esters is 2. The number of rotatable bonds is 4. The Bertz CT molecular complexity index is 1130. The summed E-state index contributed by atoms with van der Waals surface area (Å²) in [5.41, 5.74) is 4.33. The average molecular weight is 459 g/mol. The summed E-state index contributed by atoms with van der Waals surface area (Å²) in [6.45, 7) is 16.6. The van der Waals surface area contributed by atoms with Crippen molar-refractivity contribution in [3.05, 3.63) is 94.0 Å². The van der Waals surface area contributed by atoms with Crippen LogP contribution in [0.2, 0.25) is 0 Å².